The third-order valence-electron chi connectivity index (χ3n) is 6.19. The number of hydrogen-bond donors (Lipinski definition) is 1. The van der Waals surface area contributed by atoms with Gasteiger partial charge in [0.25, 0.3) is 5.56 Å². The van der Waals surface area contributed by atoms with Gasteiger partial charge in [0.15, 0.2) is 0 Å². The lowest BCUT2D eigenvalue weighted by molar-refractivity contribution is -0.142. The number of ether oxygens (including phenoxy) is 1. The van der Waals surface area contributed by atoms with Crippen molar-refractivity contribution >= 4 is 39.9 Å². The van der Waals surface area contributed by atoms with Crippen LogP contribution in [0.4, 0.5) is 5.69 Å². The van der Waals surface area contributed by atoms with E-state index in [0.717, 1.165) is 36.9 Å². The van der Waals surface area contributed by atoms with Crippen molar-refractivity contribution in [2.24, 2.45) is 0 Å². The van der Waals surface area contributed by atoms with Crippen LogP contribution in [0, 0.1) is 0 Å². The zero-order chi connectivity index (χ0) is 25.5. The van der Waals surface area contributed by atoms with Gasteiger partial charge >= 0.3 is 5.97 Å². The Bertz CT molecular complexity index is 1290. The van der Waals surface area contributed by atoms with Crippen molar-refractivity contribution < 1.29 is 14.3 Å². The Morgan fingerprint density at radius 2 is 1.81 bits per heavy atom. The highest BCUT2D eigenvalue weighted by molar-refractivity contribution is 6.30. The maximum Gasteiger partial charge on any atom is 0.311 e. The van der Waals surface area contributed by atoms with Crippen molar-refractivity contribution in [2.75, 3.05) is 44.2 Å². The van der Waals surface area contributed by atoms with Gasteiger partial charge in [0.2, 0.25) is 5.91 Å². The van der Waals surface area contributed by atoms with Gasteiger partial charge in [-0.25, -0.2) is 4.68 Å². The minimum absolute atomic E-state index is 0.0518. The number of nitrogens with zero attached hydrogens (tertiary/aromatic N) is 4. The van der Waals surface area contributed by atoms with E-state index in [1.807, 2.05) is 18.2 Å². The smallest absolute Gasteiger partial charge is 0.311 e. The normalized spacial score (nSPS) is 14.1. The molecule has 1 saturated heterocycles. The average Bonchev–Trinajstić information content (AvgIpc) is 2.89. The van der Waals surface area contributed by atoms with Crippen LogP contribution in [0.1, 0.15) is 19.0 Å². The number of carbonyl (C=O) groups excluding carboxylic acids is 2. The molecule has 4 rings (SSSR count). The van der Waals surface area contributed by atoms with E-state index in [2.05, 4.69) is 26.3 Å². The fourth-order valence-electron chi connectivity index (χ4n) is 4.31. The van der Waals surface area contributed by atoms with E-state index in [4.69, 9.17) is 16.3 Å². The third kappa shape index (κ3) is 6.41. The zero-order valence-corrected chi connectivity index (χ0v) is 21.0. The summed E-state index contributed by atoms with van der Waals surface area (Å²) in [7, 11) is 0. The fraction of sp³-hybridized carbons (Fsp3) is 0.385. The van der Waals surface area contributed by atoms with Crippen LogP contribution in [-0.4, -0.2) is 65.9 Å². The molecule has 190 valence electrons. The lowest BCUT2D eigenvalue weighted by Crippen LogP contribution is -2.47. The molecule has 0 aliphatic carbocycles. The molecule has 1 N–H and O–H groups in total. The minimum Gasteiger partial charge on any atom is -0.466 e. The van der Waals surface area contributed by atoms with Crippen molar-refractivity contribution in [3.63, 3.8) is 0 Å². The first-order chi connectivity index (χ1) is 17.4. The highest BCUT2D eigenvalue weighted by Crippen LogP contribution is 2.20. The Labute approximate surface area is 214 Å². The van der Waals surface area contributed by atoms with Gasteiger partial charge in [0.05, 0.1) is 24.1 Å². The summed E-state index contributed by atoms with van der Waals surface area (Å²) in [5, 5.41) is 8.91. The standard InChI is InChI=1S/C26H30ClN5O4/c1-2-36-25(34)17-23-21-8-3-4-9-22(21)26(35)32(29-23)18-28-24(33)10-11-30-12-14-31(15-13-30)20-7-5-6-19(27)16-20/h3-9,16H,2,10-15,17-18H2,1H3,(H,28,33). The first kappa shape index (κ1) is 25.7. The molecule has 1 aliphatic heterocycles. The average molecular weight is 512 g/mol. The molecular weight excluding hydrogens is 482 g/mol. The number of rotatable bonds is 9. The Kier molecular flexibility index (Phi) is 8.56. The van der Waals surface area contributed by atoms with Crippen LogP contribution in [0.25, 0.3) is 10.8 Å². The molecule has 0 spiro atoms. The monoisotopic (exact) mass is 511 g/mol. The molecule has 9 nitrogen and oxygen atoms in total. The van der Waals surface area contributed by atoms with Crippen molar-refractivity contribution in [1.82, 2.24) is 20.0 Å². The lowest BCUT2D eigenvalue weighted by Gasteiger charge is -2.36. The van der Waals surface area contributed by atoms with Crippen LogP contribution in [0.3, 0.4) is 0 Å². The Morgan fingerprint density at radius 3 is 2.53 bits per heavy atom. The lowest BCUT2D eigenvalue weighted by atomic mass is 10.1. The molecule has 1 amide bonds. The van der Waals surface area contributed by atoms with Gasteiger partial charge in [-0.3, -0.25) is 19.3 Å². The largest absolute Gasteiger partial charge is 0.466 e. The molecule has 0 unspecified atom stereocenters. The number of fused-ring (bicyclic) bond motifs is 1. The highest BCUT2D eigenvalue weighted by atomic mass is 35.5. The number of hydrogen-bond acceptors (Lipinski definition) is 7. The molecule has 10 heteroatoms. The summed E-state index contributed by atoms with van der Waals surface area (Å²) < 4.78 is 6.23. The van der Waals surface area contributed by atoms with Gasteiger partial charge < -0.3 is 15.0 Å². The molecule has 0 radical (unpaired) electrons. The fourth-order valence-corrected chi connectivity index (χ4v) is 4.49. The van der Waals surface area contributed by atoms with Crippen LogP contribution in [0.5, 0.6) is 0 Å². The van der Waals surface area contributed by atoms with E-state index in [0.29, 0.717) is 29.4 Å². The van der Waals surface area contributed by atoms with Crippen molar-refractivity contribution in [3.05, 3.63) is 69.6 Å². The molecule has 2 heterocycles. The van der Waals surface area contributed by atoms with Crippen molar-refractivity contribution in [2.45, 2.75) is 26.4 Å². The first-order valence-corrected chi connectivity index (χ1v) is 12.5. The summed E-state index contributed by atoms with van der Waals surface area (Å²) in [6.45, 7) is 5.99. The topological polar surface area (TPSA) is 96.8 Å². The second-order valence-electron chi connectivity index (χ2n) is 8.60. The predicted molar refractivity (Wildman–Crippen MR) is 139 cm³/mol. The van der Waals surface area contributed by atoms with E-state index in [1.54, 1.807) is 31.2 Å². The number of esters is 1. The molecule has 0 bridgehead atoms. The van der Waals surface area contributed by atoms with Crippen LogP contribution in [0.15, 0.2) is 53.3 Å². The van der Waals surface area contributed by atoms with Crippen LogP contribution >= 0.6 is 11.6 Å². The van der Waals surface area contributed by atoms with Crippen LogP contribution < -0.4 is 15.8 Å². The summed E-state index contributed by atoms with van der Waals surface area (Å²) >= 11 is 6.11. The van der Waals surface area contributed by atoms with Gasteiger partial charge in [0.1, 0.15) is 6.67 Å². The Balaban J connectivity index is 1.31. The quantitative estimate of drug-likeness (QED) is 0.441. The van der Waals surface area contributed by atoms with Crippen molar-refractivity contribution in [3.8, 4) is 0 Å². The van der Waals surface area contributed by atoms with E-state index in [9.17, 15) is 14.4 Å². The maximum atomic E-state index is 12.9. The molecule has 0 atom stereocenters. The SMILES string of the molecule is CCOC(=O)Cc1nn(CNC(=O)CCN2CCN(c3cccc(Cl)c3)CC2)c(=O)c2ccccc12. The van der Waals surface area contributed by atoms with Crippen LogP contribution in [0.2, 0.25) is 5.02 Å². The Hall–Kier alpha value is -3.43. The number of nitrogens with one attached hydrogen (secondary N) is 1. The molecule has 0 saturated carbocycles. The first-order valence-electron chi connectivity index (χ1n) is 12.1. The van der Waals surface area contributed by atoms with E-state index < -0.39 is 5.97 Å². The molecule has 1 aliphatic rings. The van der Waals surface area contributed by atoms with Gasteiger partial charge in [-0.1, -0.05) is 35.9 Å². The number of benzene rings is 2. The number of anilines is 1. The molecular formula is C26H30ClN5O4. The number of halogens is 1. The summed E-state index contributed by atoms with van der Waals surface area (Å²) in [6.07, 6.45) is 0.263. The molecule has 3 aromatic rings. The van der Waals surface area contributed by atoms with Crippen molar-refractivity contribution in [1.29, 1.82) is 0 Å². The number of piperazine rings is 1. The number of amides is 1. The molecule has 36 heavy (non-hydrogen) atoms. The van der Waals surface area contributed by atoms with Crippen LogP contribution in [-0.2, 0) is 27.4 Å². The van der Waals surface area contributed by atoms with E-state index in [-0.39, 0.29) is 31.2 Å². The summed E-state index contributed by atoms with van der Waals surface area (Å²) in [5.74, 6) is -0.582. The van der Waals surface area contributed by atoms with Gasteiger partial charge in [-0.05, 0) is 31.2 Å². The number of aromatic nitrogens is 2. The molecule has 1 aromatic heterocycles. The zero-order valence-electron chi connectivity index (χ0n) is 20.3. The van der Waals surface area contributed by atoms with Gasteiger partial charge in [0, 0.05) is 55.2 Å². The second-order valence-corrected chi connectivity index (χ2v) is 9.03. The molecule has 1 fully saturated rings. The molecule has 2 aromatic carbocycles. The predicted octanol–water partition coefficient (Wildman–Crippen LogP) is 2.44. The summed E-state index contributed by atoms with van der Waals surface area (Å²) in [4.78, 5) is 42.0. The summed E-state index contributed by atoms with van der Waals surface area (Å²) in [6, 6.07) is 14.8. The van der Waals surface area contributed by atoms with Gasteiger partial charge in [-0.2, -0.15) is 5.10 Å². The maximum absolute atomic E-state index is 12.9. The third-order valence-corrected chi connectivity index (χ3v) is 6.42. The highest BCUT2D eigenvalue weighted by Gasteiger charge is 2.19. The van der Waals surface area contributed by atoms with E-state index in [1.165, 1.54) is 4.68 Å². The van der Waals surface area contributed by atoms with E-state index >= 15 is 0 Å². The number of carbonyl (C=O) groups is 2. The summed E-state index contributed by atoms with van der Waals surface area (Å²) in [5.41, 5.74) is 1.22. The Morgan fingerprint density at radius 1 is 1.06 bits per heavy atom. The minimum atomic E-state index is -0.417. The second kappa shape index (κ2) is 12.0. The van der Waals surface area contributed by atoms with Gasteiger partial charge in [-0.15, -0.1) is 0 Å².